The van der Waals surface area contributed by atoms with Gasteiger partial charge in [0.2, 0.25) is 5.91 Å². The van der Waals surface area contributed by atoms with Gasteiger partial charge in [-0.1, -0.05) is 47.1 Å². The first-order valence-electron chi connectivity index (χ1n) is 9.48. The maximum absolute atomic E-state index is 12.5. The molecular weight excluding hydrogens is 443 g/mol. The van der Waals surface area contributed by atoms with Crippen LogP contribution in [-0.2, 0) is 4.79 Å². The van der Waals surface area contributed by atoms with Gasteiger partial charge in [0.25, 0.3) is 0 Å². The third-order valence-corrected chi connectivity index (χ3v) is 6.19. The van der Waals surface area contributed by atoms with Crippen molar-refractivity contribution in [1.82, 2.24) is 20.1 Å². The number of halogens is 2. The number of amides is 1. The average molecular weight is 463 g/mol. The fraction of sp³-hybridized carbons (Fsp3) is 0.286. The Kier molecular flexibility index (Phi) is 6.22. The van der Waals surface area contributed by atoms with Gasteiger partial charge in [-0.3, -0.25) is 9.36 Å². The van der Waals surface area contributed by atoms with Crippen molar-refractivity contribution < 1.29 is 9.53 Å². The van der Waals surface area contributed by atoms with Crippen LogP contribution in [0.2, 0.25) is 10.0 Å². The normalized spacial score (nSPS) is 14.4. The fourth-order valence-corrected chi connectivity index (χ4v) is 4.20. The van der Waals surface area contributed by atoms with Crippen LogP contribution in [0.1, 0.15) is 19.8 Å². The van der Waals surface area contributed by atoms with Gasteiger partial charge in [0.15, 0.2) is 11.0 Å². The van der Waals surface area contributed by atoms with E-state index in [1.807, 2.05) is 29.7 Å². The van der Waals surface area contributed by atoms with Gasteiger partial charge < -0.3 is 10.1 Å². The lowest BCUT2D eigenvalue weighted by atomic mass is 10.2. The summed E-state index contributed by atoms with van der Waals surface area (Å²) < 4.78 is 7.41. The fourth-order valence-electron chi connectivity index (χ4n) is 2.97. The lowest BCUT2D eigenvalue weighted by Crippen LogP contribution is -2.32. The molecule has 1 N–H and O–H groups in total. The largest absolute Gasteiger partial charge is 0.495 e. The van der Waals surface area contributed by atoms with Crippen molar-refractivity contribution in [2.75, 3.05) is 7.11 Å². The number of thioether (sulfide) groups is 1. The highest BCUT2D eigenvalue weighted by atomic mass is 35.5. The maximum Gasteiger partial charge on any atom is 0.233 e. The van der Waals surface area contributed by atoms with Gasteiger partial charge in [0.1, 0.15) is 5.75 Å². The van der Waals surface area contributed by atoms with Gasteiger partial charge >= 0.3 is 0 Å². The Hall–Kier alpha value is -2.22. The molecule has 1 aliphatic rings. The van der Waals surface area contributed by atoms with E-state index in [1.165, 1.54) is 11.8 Å². The molecule has 1 fully saturated rings. The van der Waals surface area contributed by atoms with Crippen LogP contribution in [0.4, 0.5) is 0 Å². The van der Waals surface area contributed by atoms with Crippen molar-refractivity contribution in [1.29, 1.82) is 0 Å². The highest BCUT2D eigenvalue weighted by Gasteiger charge is 2.28. The molecule has 0 radical (unpaired) electrons. The van der Waals surface area contributed by atoms with E-state index in [4.69, 9.17) is 27.9 Å². The zero-order chi connectivity index (χ0) is 21.3. The zero-order valence-corrected chi connectivity index (χ0v) is 18.8. The number of methoxy groups -OCH3 is 1. The molecule has 4 rings (SSSR count). The number of carbonyl (C=O) groups excluding carboxylic acids is 1. The highest BCUT2D eigenvalue weighted by Crippen LogP contribution is 2.36. The van der Waals surface area contributed by atoms with Crippen molar-refractivity contribution in [3.05, 3.63) is 52.5 Å². The number of rotatable bonds is 7. The first-order chi connectivity index (χ1) is 14.5. The minimum atomic E-state index is -0.342. The first kappa shape index (κ1) is 21.0. The Morgan fingerprint density at radius 3 is 2.67 bits per heavy atom. The van der Waals surface area contributed by atoms with Gasteiger partial charge in [0.05, 0.1) is 18.0 Å². The standard InChI is InChI=1S/C21H20Cl2N4O2S/c1-12(20(28)24-16-7-8-16)30-21-26-25-19(13-4-3-5-14(22)10-13)27(21)17-11-15(23)6-9-18(17)29-2/h3-6,9-12,16H,7-8H2,1-2H3,(H,24,28). The summed E-state index contributed by atoms with van der Waals surface area (Å²) >= 11 is 13.8. The SMILES string of the molecule is COc1ccc(Cl)cc1-n1c(SC(C)C(=O)NC2CC2)nnc1-c1cccc(Cl)c1. The molecule has 1 aliphatic carbocycles. The number of benzene rings is 2. The molecule has 156 valence electrons. The molecule has 0 bridgehead atoms. The molecule has 1 unspecified atom stereocenters. The third kappa shape index (κ3) is 4.58. The molecule has 0 saturated heterocycles. The van der Waals surface area contributed by atoms with Crippen LogP contribution in [0.3, 0.4) is 0 Å². The van der Waals surface area contributed by atoms with Gasteiger partial charge in [0, 0.05) is 21.7 Å². The molecule has 2 aromatic carbocycles. The van der Waals surface area contributed by atoms with E-state index in [0.29, 0.717) is 38.5 Å². The highest BCUT2D eigenvalue weighted by molar-refractivity contribution is 8.00. The number of nitrogens with one attached hydrogen (secondary N) is 1. The second-order valence-electron chi connectivity index (χ2n) is 7.01. The minimum absolute atomic E-state index is 0.0144. The maximum atomic E-state index is 12.5. The molecule has 1 atom stereocenters. The summed E-state index contributed by atoms with van der Waals surface area (Å²) in [6.07, 6.45) is 2.08. The Morgan fingerprint density at radius 2 is 1.97 bits per heavy atom. The summed E-state index contributed by atoms with van der Waals surface area (Å²) in [7, 11) is 1.59. The smallest absolute Gasteiger partial charge is 0.233 e. The Labute approximate surface area is 188 Å². The molecule has 1 saturated carbocycles. The Bertz CT molecular complexity index is 1080. The van der Waals surface area contributed by atoms with Gasteiger partial charge in [-0.15, -0.1) is 10.2 Å². The first-order valence-corrected chi connectivity index (χ1v) is 11.1. The molecule has 1 amide bonds. The predicted molar refractivity (Wildman–Crippen MR) is 120 cm³/mol. The van der Waals surface area contributed by atoms with E-state index in [1.54, 1.807) is 31.4 Å². The van der Waals surface area contributed by atoms with Gasteiger partial charge in [-0.2, -0.15) is 0 Å². The average Bonchev–Trinajstić information content (AvgIpc) is 3.44. The Morgan fingerprint density at radius 1 is 1.20 bits per heavy atom. The van der Waals surface area contributed by atoms with Crippen LogP contribution in [0.15, 0.2) is 47.6 Å². The topological polar surface area (TPSA) is 69.0 Å². The number of nitrogens with zero attached hydrogens (tertiary/aromatic N) is 3. The van der Waals surface area contributed by atoms with Gasteiger partial charge in [-0.05, 0) is 50.1 Å². The van der Waals surface area contributed by atoms with E-state index >= 15 is 0 Å². The summed E-state index contributed by atoms with van der Waals surface area (Å²) in [5.41, 5.74) is 1.47. The van der Waals surface area contributed by atoms with Crippen molar-refractivity contribution in [2.45, 2.75) is 36.2 Å². The predicted octanol–water partition coefficient (Wildman–Crippen LogP) is 5.01. The van der Waals surface area contributed by atoms with Crippen LogP contribution < -0.4 is 10.1 Å². The van der Waals surface area contributed by atoms with E-state index in [0.717, 1.165) is 18.4 Å². The molecule has 0 spiro atoms. The monoisotopic (exact) mass is 462 g/mol. The van der Waals surface area contributed by atoms with E-state index in [2.05, 4.69) is 15.5 Å². The molecule has 1 heterocycles. The van der Waals surface area contributed by atoms with Crippen molar-refractivity contribution in [2.24, 2.45) is 0 Å². The quantitative estimate of drug-likeness (QED) is 0.499. The molecular formula is C21H20Cl2N4O2S. The lowest BCUT2D eigenvalue weighted by molar-refractivity contribution is -0.120. The van der Waals surface area contributed by atoms with Crippen molar-refractivity contribution in [3.63, 3.8) is 0 Å². The number of hydrogen-bond donors (Lipinski definition) is 1. The zero-order valence-electron chi connectivity index (χ0n) is 16.4. The van der Waals surface area contributed by atoms with Crippen LogP contribution in [-0.4, -0.2) is 39.1 Å². The minimum Gasteiger partial charge on any atom is -0.495 e. The summed E-state index contributed by atoms with van der Waals surface area (Å²) in [6.45, 7) is 1.86. The molecule has 0 aliphatic heterocycles. The van der Waals surface area contributed by atoms with Crippen LogP contribution >= 0.6 is 35.0 Å². The number of hydrogen-bond acceptors (Lipinski definition) is 5. The van der Waals surface area contributed by atoms with Crippen molar-refractivity contribution in [3.8, 4) is 22.8 Å². The molecule has 6 nitrogen and oxygen atoms in total. The summed E-state index contributed by atoms with van der Waals surface area (Å²) in [6, 6.07) is 13.0. The van der Waals surface area contributed by atoms with E-state index in [-0.39, 0.29) is 11.2 Å². The Balaban J connectivity index is 1.79. The second kappa shape index (κ2) is 8.88. The number of aromatic nitrogens is 3. The van der Waals surface area contributed by atoms with E-state index in [9.17, 15) is 4.79 Å². The van der Waals surface area contributed by atoms with Crippen LogP contribution in [0.5, 0.6) is 5.75 Å². The summed E-state index contributed by atoms with van der Waals surface area (Å²) in [5.74, 6) is 1.18. The van der Waals surface area contributed by atoms with Crippen LogP contribution in [0, 0.1) is 0 Å². The van der Waals surface area contributed by atoms with Crippen molar-refractivity contribution >= 4 is 40.9 Å². The second-order valence-corrected chi connectivity index (χ2v) is 9.19. The molecule has 30 heavy (non-hydrogen) atoms. The molecule has 3 aromatic rings. The lowest BCUT2D eigenvalue weighted by Gasteiger charge is -2.16. The number of ether oxygens (including phenoxy) is 1. The summed E-state index contributed by atoms with van der Waals surface area (Å²) in [5, 5.41) is 13.2. The van der Waals surface area contributed by atoms with E-state index < -0.39 is 0 Å². The number of carbonyl (C=O) groups is 1. The summed E-state index contributed by atoms with van der Waals surface area (Å²) in [4.78, 5) is 12.5. The van der Waals surface area contributed by atoms with Gasteiger partial charge in [-0.25, -0.2) is 0 Å². The van der Waals surface area contributed by atoms with Crippen LogP contribution in [0.25, 0.3) is 17.1 Å². The molecule has 9 heteroatoms. The third-order valence-electron chi connectivity index (χ3n) is 4.67. The molecule has 1 aromatic heterocycles.